The van der Waals surface area contributed by atoms with Crippen molar-refractivity contribution in [3.8, 4) is 5.88 Å². The number of hydrogen-bond donors (Lipinski definition) is 1. The molecule has 14 heavy (non-hydrogen) atoms. The Bertz CT molecular complexity index is 442. The first-order valence-corrected chi connectivity index (χ1v) is 4.53. The van der Waals surface area contributed by atoms with Crippen LogP contribution in [-0.2, 0) is 0 Å². The number of fused-ring (bicyclic) bond motifs is 1. The number of hydrogen-bond acceptors (Lipinski definition) is 3. The second-order valence-electron chi connectivity index (χ2n) is 4.16. The quantitative estimate of drug-likeness (QED) is 0.751. The molecule has 0 saturated heterocycles. The van der Waals surface area contributed by atoms with E-state index in [0.717, 1.165) is 10.9 Å². The topological polar surface area (TPSA) is 50.8 Å². The lowest BCUT2D eigenvalue weighted by atomic mass is 10.2. The van der Waals surface area contributed by atoms with Gasteiger partial charge in [-0.05, 0) is 26.8 Å². The van der Waals surface area contributed by atoms with Crippen LogP contribution in [0.1, 0.15) is 20.8 Å². The second kappa shape index (κ2) is 2.97. The molecule has 0 radical (unpaired) electrons. The molecule has 0 fully saturated rings. The molecule has 1 N–H and O–H groups in total. The fraction of sp³-hybridized carbons (Fsp3) is 0.400. The van der Waals surface area contributed by atoms with Gasteiger partial charge in [-0.2, -0.15) is 5.10 Å². The average molecular weight is 191 g/mol. The maximum atomic E-state index is 5.70. The Morgan fingerprint density at radius 2 is 2.14 bits per heavy atom. The molecule has 0 aromatic carbocycles. The standard InChI is InChI=1S/C10H13N3O/c1-10(2,3)14-9-7-6-12-13-8(7)4-5-11-9/h4-6H,1-3H3,(H,12,13). The van der Waals surface area contributed by atoms with Crippen LogP contribution in [-0.4, -0.2) is 20.8 Å². The van der Waals surface area contributed by atoms with Crippen LogP contribution >= 0.6 is 0 Å². The van der Waals surface area contributed by atoms with Gasteiger partial charge in [0.1, 0.15) is 5.60 Å². The van der Waals surface area contributed by atoms with Crippen molar-refractivity contribution < 1.29 is 4.74 Å². The number of nitrogens with zero attached hydrogens (tertiary/aromatic N) is 2. The minimum Gasteiger partial charge on any atom is -0.471 e. The van der Waals surface area contributed by atoms with Gasteiger partial charge >= 0.3 is 0 Å². The molecule has 0 unspecified atom stereocenters. The van der Waals surface area contributed by atoms with E-state index in [-0.39, 0.29) is 5.60 Å². The van der Waals surface area contributed by atoms with Crippen LogP contribution in [0, 0.1) is 0 Å². The zero-order chi connectivity index (χ0) is 10.2. The first kappa shape index (κ1) is 8.99. The van der Waals surface area contributed by atoms with E-state index in [9.17, 15) is 0 Å². The molecule has 2 aromatic rings. The molecular weight excluding hydrogens is 178 g/mol. The van der Waals surface area contributed by atoms with E-state index in [1.54, 1.807) is 12.4 Å². The molecule has 74 valence electrons. The van der Waals surface area contributed by atoms with E-state index in [4.69, 9.17) is 4.74 Å². The minimum absolute atomic E-state index is 0.238. The molecule has 0 aliphatic heterocycles. The summed E-state index contributed by atoms with van der Waals surface area (Å²) in [5.74, 6) is 0.628. The molecule has 2 heterocycles. The number of pyridine rings is 1. The lowest BCUT2D eigenvalue weighted by Gasteiger charge is -2.20. The SMILES string of the molecule is CC(C)(C)Oc1nccc2[nH]ncc12. The molecule has 0 spiro atoms. The summed E-state index contributed by atoms with van der Waals surface area (Å²) in [4.78, 5) is 4.18. The van der Waals surface area contributed by atoms with E-state index >= 15 is 0 Å². The Morgan fingerprint density at radius 1 is 1.36 bits per heavy atom. The van der Waals surface area contributed by atoms with Crippen LogP contribution in [0.25, 0.3) is 10.9 Å². The van der Waals surface area contributed by atoms with Gasteiger partial charge in [-0.15, -0.1) is 0 Å². The third kappa shape index (κ3) is 1.69. The van der Waals surface area contributed by atoms with Gasteiger partial charge in [0.15, 0.2) is 0 Å². The van der Waals surface area contributed by atoms with Crippen molar-refractivity contribution in [1.29, 1.82) is 0 Å². The molecule has 0 saturated carbocycles. The molecule has 4 nitrogen and oxygen atoms in total. The van der Waals surface area contributed by atoms with Crippen molar-refractivity contribution in [3.63, 3.8) is 0 Å². The Kier molecular flexibility index (Phi) is 1.91. The first-order valence-electron chi connectivity index (χ1n) is 4.53. The van der Waals surface area contributed by atoms with Gasteiger partial charge in [0, 0.05) is 6.20 Å². The zero-order valence-electron chi connectivity index (χ0n) is 8.53. The fourth-order valence-electron chi connectivity index (χ4n) is 1.21. The van der Waals surface area contributed by atoms with Crippen LogP contribution in [0.5, 0.6) is 5.88 Å². The van der Waals surface area contributed by atoms with Crippen molar-refractivity contribution >= 4 is 10.9 Å². The average Bonchev–Trinajstić information content (AvgIpc) is 2.49. The Hall–Kier alpha value is -1.58. The maximum Gasteiger partial charge on any atom is 0.225 e. The summed E-state index contributed by atoms with van der Waals surface area (Å²) < 4.78 is 5.70. The van der Waals surface area contributed by atoms with Crippen molar-refractivity contribution in [2.24, 2.45) is 0 Å². The Balaban J connectivity index is 2.46. The molecule has 0 aliphatic carbocycles. The molecule has 2 rings (SSSR count). The van der Waals surface area contributed by atoms with E-state index in [2.05, 4.69) is 15.2 Å². The van der Waals surface area contributed by atoms with Crippen LogP contribution in [0.3, 0.4) is 0 Å². The molecule has 0 atom stereocenters. The summed E-state index contributed by atoms with van der Waals surface area (Å²) in [5.41, 5.74) is 0.706. The highest BCUT2D eigenvalue weighted by molar-refractivity contribution is 5.82. The maximum absolute atomic E-state index is 5.70. The van der Waals surface area contributed by atoms with Gasteiger partial charge in [0.05, 0.1) is 17.1 Å². The summed E-state index contributed by atoms with van der Waals surface area (Å²) in [7, 11) is 0. The number of ether oxygens (including phenoxy) is 1. The number of rotatable bonds is 1. The smallest absolute Gasteiger partial charge is 0.225 e. The number of H-pyrrole nitrogens is 1. The summed E-state index contributed by atoms with van der Waals surface area (Å²) in [5, 5.41) is 7.74. The lowest BCUT2D eigenvalue weighted by Crippen LogP contribution is -2.23. The highest BCUT2D eigenvalue weighted by Crippen LogP contribution is 2.23. The monoisotopic (exact) mass is 191 g/mol. The molecule has 0 amide bonds. The summed E-state index contributed by atoms with van der Waals surface area (Å²) in [6.45, 7) is 5.98. The van der Waals surface area contributed by atoms with Gasteiger partial charge in [0.25, 0.3) is 0 Å². The number of aromatic nitrogens is 3. The minimum atomic E-state index is -0.238. The number of aromatic amines is 1. The molecule has 0 bridgehead atoms. The molecule has 0 aliphatic rings. The Labute approximate surface area is 82.3 Å². The van der Waals surface area contributed by atoms with Crippen molar-refractivity contribution in [1.82, 2.24) is 15.2 Å². The van der Waals surface area contributed by atoms with Crippen molar-refractivity contribution in [3.05, 3.63) is 18.5 Å². The van der Waals surface area contributed by atoms with Crippen LogP contribution in [0.2, 0.25) is 0 Å². The van der Waals surface area contributed by atoms with Crippen LogP contribution < -0.4 is 4.74 Å². The molecule has 2 aromatic heterocycles. The van der Waals surface area contributed by atoms with E-state index in [0.29, 0.717) is 5.88 Å². The summed E-state index contributed by atoms with van der Waals surface area (Å²) >= 11 is 0. The molecular formula is C10H13N3O. The number of nitrogens with one attached hydrogen (secondary N) is 1. The van der Waals surface area contributed by atoms with E-state index < -0.39 is 0 Å². The zero-order valence-corrected chi connectivity index (χ0v) is 8.53. The summed E-state index contributed by atoms with van der Waals surface area (Å²) in [6.07, 6.45) is 3.44. The van der Waals surface area contributed by atoms with E-state index in [1.807, 2.05) is 26.8 Å². The predicted molar refractivity (Wildman–Crippen MR) is 54.3 cm³/mol. The summed E-state index contributed by atoms with van der Waals surface area (Å²) in [6, 6.07) is 1.87. The third-order valence-corrected chi connectivity index (χ3v) is 1.74. The lowest BCUT2D eigenvalue weighted by molar-refractivity contribution is 0.126. The van der Waals surface area contributed by atoms with Gasteiger partial charge in [-0.25, -0.2) is 4.98 Å². The Morgan fingerprint density at radius 3 is 2.86 bits per heavy atom. The van der Waals surface area contributed by atoms with Crippen LogP contribution in [0.15, 0.2) is 18.5 Å². The molecule has 4 heteroatoms. The second-order valence-corrected chi connectivity index (χ2v) is 4.16. The third-order valence-electron chi connectivity index (χ3n) is 1.74. The highest BCUT2D eigenvalue weighted by Gasteiger charge is 2.15. The predicted octanol–water partition coefficient (Wildman–Crippen LogP) is 2.14. The largest absolute Gasteiger partial charge is 0.471 e. The fourth-order valence-corrected chi connectivity index (χ4v) is 1.21. The normalized spacial score (nSPS) is 11.9. The van der Waals surface area contributed by atoms with Crippen molar-refractivity contribution in [2.45, 2.75) is 26.4 Å². The highest BCUT2D eigenvalue weighted by atomic mass is 16.5. The van der Waals surface area contributed by atoms with Gasteiger partial charge in [-0.3, -0.25) is 5.10 Å². The van der Waals surface area contributed by atoms with Gasteiger partial charge in [0.2, 0.25) is 5.88 Å². The van der Waals surface area contributed by atoms with Gasteiger partial charge < -0.3 is 4.74 Å². The van der Waals surface area contributed by atoms with E-state index in [1.165, 1.54) is 0 Å². The van der Waals surface area contributed by atoms with Gasteiger partial charge in [-0.1, -0.05) is 0 Å². The first-order chi connectivity index (χ1) is 6.56. The van der Waals surface area contributed by atoms with Crippen LogP contribution in [0.4, 0.5) is 0 Å². The van der Waals surface area contributed by atoms with Crippen molar-refractivity contribution in [2.75, 3.05) is 0 Å².